The van der Waals surface area contributed by atoms with Crippen LogP contribution in [0.5, 0.6) is 5.75 Å². The third kappa shape index (κ3) is 8.19. The standard InChI is InChI=1S/C26H30F4N2O4.2ClH/c1-2-35-23(25(33)34)11-16-3-6-19(7-4-16)36-10-9-31-24-20-14-32(15-21(20)24)13-17-12-18(26(28,29)30)5-8-22(17)27;;/h3-8,12,20-21,23-24,31H,2,9-11,13-15H2,1H3,(H,33,34);2*1H/t20?,21?,23-,24?;;/m0../s1. The summed E-state index contributed by atoms with van der Waals surface area (Å²) in [5.41, 5.74) is 0.0977. The molecule has 2 unspecified atom stereocenters. The Balaban J connectivity index is 0.00000253. The Labute approximate surface area is 231 Å². The van der Waals surface area contributed by atoms with Crippen molar-refractivity contribution in [2.75, 3.05) is 32.8 Å². The Morgan fingerprint density at radius 2 is 1.79 bits per heavy atom. The number of carboxylic acids is 1. The number of hydrogen-bond acceptors (Lipinski definition) is 5. The van der Waals surface area contributed by atoms with Gasteiger partial charge in [0, 0.05) is 50.8 Å². The molecule has 3 atom stereocenters. The second kappa shape index (κ2) is 13.8. The maximum atomic E-state index is 14.0. The number of nitrogens with one attached hydrogen (secondary N) is 1. The van der Waals surface area contributed by atoms with E-state index in [1.165, 1.54) is 0 Å². The number of aliphatic carboxylic acids is 1. The smallest absolute Gasteiger partial charge is 0.416 e. The van der Waals surface area contributed by atoms with Crippen molar-refractivity contribution in [3.05, 3.63) is 65.0 Å². The van der Waals surface area contributed by atoms with Crippen LogP contribution in [0.15, 0.2) is 42.5 Å². The topological polar surface area (TPSA) is 71.0 Å². The molecule has 0 radical (unpaired) electrons. The Bertz CT molecular complexity index is 1050. The molecule has 12 heteroatoms. The molecule has 0 bridgehead atoms. The van der Waals surface area contributed by atoms with Gasteiger partial charge < -0.3 is 19.9 Å². The van der Waals surface area contributed by atoms with Crippen LogP contribution in [0.1, 0.15) is 23.6 Å². The molecule has 0 spiro atoms. The number of fused-ring (bicyclic) bond motifs is 1. The van der Waals surface area contributed by atoms with Crippen molar-refractivity contribution in [1.29, 1.82) is 0 Å². The van der Waals surface area contributed by atoms with Crippen LogP contribution in [0.4, 0.5) is 17.6 Å². The minimum absolute atomic E-state index is 0. The third-order valence-corrected chi connectivity index (χ3v) is 6.78. The molecular formula is C26H32Cl2F4N2O4. The third-order valence-electron chi connectivity index (χ3n) is 6.78. The SMILES string of the molecule is CCO[C@@H](Cc1ccc(OCCNC2C3CN(Cc4cc(C(F)(F)F)ccc4F)CC32)cc1)C(=O)O.Cl.Cl. The molecule has 4 rings (SSSR count). The van der Waals surface area contributed by atoms with Crippen LogP contribution in [-0.4, -0.2) is 61.0 Å². The summed E-state index contributed by atoms with van der Waals surface area (Å²) in [4.78, 5) is 13.2. The number of ether oxygens (including phenoxy) is 2. The van der Waals surface area contributed by atoms with Crippen LogP contribution in [0, 0.1) is 17.7 Å². The first-order chi connectivity index (χ1) is 17.2. The van der Waals surface area contributed by atoms with Crippen LogP contribution in [-0.2, 0) is 28.7 Å². The van der Waals surface area contributed by atoms with Gasteiger partial charge in [0.1, 0.15) is 18.2 Å². The van der Waals surface area contributed by atoms with Gasteiger partial charge in [-0.25, -0.2) is 9.18 Å². The summed E-state index contributed by atoms with van der Waals surface area (Å²) < 4.78 is 63.8. The van der Waals surface area contributed by atoms with Crippen molar-refractivity contribution in [2.24, 2.45) is 11.8 Å². The summed E-state index contributed by atoms with van der Waals surface area (Å²) in [6.45, 7) is 4.82. The summed E-state index contributed by atoms with van der Waals surface area (Å²) in [6, 6.07) is 10.2. The number of benzene rings is 2. The number of nitrogens with zero attached hydrogens (tertiary/aromatic N) is 1. The molecule has 2 aromatic rings. The maximum Gasteiger partial charge on any atom is 0.416 e. The number of carboxylic acid groups (broad SMARTS) is 1. The molecule has 0 amide bonds. The number of likely N-dealkylation sites (tertiary alicyclic amines) is 1. The maximum absolute atomic E-state index is 14.0. The molecule has 2 N–H and O–H groups in total. The molecule has 1 aliphatic carbocycles. The number of alkyl halides is 3. The van der Waals surface area contributed by atoms with Crippen LogP contribution >= 0.6 is 24.8 Å². The fourth-order valence-electron chi connectivity index (χ4n) is 4.91. The predicted octanol–water partition coefficient (Wildman–Crippen LogP) is 4.82. The lowest BCUT2D eigenvalue weighted by molar-refractivity contribution is -0.150. The molecule has 6 nitrogen and oxygen atoms in total. The Kier molecular flexibility index (Phi) is 11.7. The molecular weight excluding hydrogens is 551 g/mol. The highest BCUT2D eigenvalue weighted by atomic mass is 35.5. The molecule has 1 saturated carbocycles. The minimum Gasteiger partial charge on any atom is -0.492 e. The summed E-state index contributed by atoms with van der Waals surface area (Å²) in [6.07, 6.45) is -5.07. The van der Waals surface area contributed by atoms with Gasteiger partial charge >= 0.3 is 12.1 Å². The molecule has 1 saturated heterocycles. The molecule has 38 heavy (non-hydrogen) atoms. The van der Waals surface area contributed by atoms with E-state index in [1.807, 2.05) is 17.0 Å². The van der Waals surface area contributed by atoms with E-state index in [9.17, 15) is 27.5 Å². The Morgan fingerprint density at radius 3 is 2.37 bits per heavy atom. The van der Waals surface area contributed by atoms with Gasteiger partial charge in [0.05, 0.1) is 5.56 Å². The Hall–Kier alpha value is -2.11. The summed E-state index contributed by atoms with van der Waals surface area (Å²) in [5.74, 6) is -0.0936. The van der Waals surface area contributed by atoms with Crippen LogP contribution < -0.4 is 10.1 Å². The van der Waals surface area contributed by atoms with E-state index in [1.54, 1.807) is 19.1 Å². The molecule has 0 aromatic heterocycles. The van der Waals surface area contributed by atoms with E-state index >= 15 is 0 Å². The van der Waals surface area contributed by atoms with E-state index in [0.29, 0.717) is 43.4 Å². The Morgan fingerprint density at radius 1 is 1.13 bits per heavy atom. The lowest BCUT2D eigenvalue weighted by Crippen LogP contribution is -2.33. The van der Waals surface area contributed by atoms with E-state index in [4.69, 9.17) is 9.47 Å². The van der Waals surface area contributed by atoms with Crippen LogP contribution in [0.25, 0.3) is 0 Å². The first-order valence-electron chi connectivity index (χ1n) is 12.0. The van der Waals surface area contributed by atoms with Gasteiger partial charge in [-0.1, -0.05) is 12.1 Å². The highest BCUT2D eigenvalue weighted by Gasteiger charge is 2.55. The van der Waals surface area contributed by atoms with Crippen LogP contribution in [0.2, 0.25) is 0 Å². The van der Waals surface area contributed by atoms with Gasteiger partial charge in [0.15, 0.2) is 6.10 Å². The zero-order valence-corrected chi connectivity index (χ0v) is 22.4. The highest BCUT2D eigenvalue weighted by molar-refractivity contribution is 5.85. The molecule has 2 fully saturated rings. The quantitative estimate of drug-likeness (QED) is 0.276. The summed E-state index contributed by atoms with van der Waals surface area (Å²) >= 11 is 0. The highest BCUT2D eigenvalue weighted by Crippen LogP contribution is 2.46. The first kappa shape index (κ1) is 32.1. The normalized spacial score (nSPS) is 21.1. The number of carbonyl (C=O) groups is 1. The second-order valence-electron chi connectivity index (χ2n) is 9.28. The lowest BCUT2D eigenvalue weighted by Gasteiger charge is -2.21. The lowest BCUT2D eigenvalue weighted by atomic mass is 10.1. The van der Waals surface area contributed by atoms with Crippen molar-refractivity contribution in [2.45, 2.75) is 38.2 Å². The average molecular weight is 583 g/mol. The van der Waals surface area contributed by atoms with E-state index in [0.717, 1.165) is 36.9 Å². The van der Waals surface area contributed by atoms with Gasteiger partial charge in [-0.05, 0) is 54.7 Å². The van der Waals surface area contributed by atoms with Gasteiger partial charge in [-0.3, -0.25) is 4.90 Å². The molecule has 2 aliphatic rings. The van der Waals surface area contributed by atoms with Gasteiger partial charge in [-0.15, -0.1) is 24.8 Å². The van der Waals surface area contributed by atoms with Crippen molar-refractivity contribution in [3.8, 4) is 5.75 Å². The fraction of sp³-hybridized carbons (Fsp3) is 0.500. The average Bonchev–Trinajstić information content (AvgIpc) is 3.27. The summed E-state index contributed by atoms with van der Waals surface area (Å²) in [7, 11) is 0. The zero-order valence-electron chi connectivity index (χ0n) is 20.7. The fourth-order valence-corrected chi connectivity index (χ4v) is 4.91. The number of piperidine rings is 1. The number of rotatable bonds is 12. The van der Waals surface area contributed by atoms with E-state index < -0.39 is 29.6 Å². The zero-order chi connectivity index (χ0) is 25.9. The van der Waals surface area contributed by atoms with Crippen molar-refractivity contribution >= 4 is 30.8 Å². The van der Waals surface area contributed by atoms with Crippen LogP contribution in [0.3, 0.4) is 0 Å². The second-order valence-corrected chi connectivity index (χ2v) is 9.28. The van der Waals surface area contributed by atoms with Crippen molar-refractivity contribution < 1.29 is 36.9 Å². The van der Waals surface area contributed by atoms with Crippen molar-refractivity contribution in [1.82, 2.24) is 10.2 Å². The minimum atomic E-state index is -4.48. The first-order valence-corrected chi connectivity index (χ1v) is 12.0. The molecule has 1 heterocycles. The van der Waals surface area contributed by atoms with E-state index in [2.05, 4.69) is 5.32 Å². The molecule has 212 valence electrons. The van der Waals surface area contributed by atoms with Gasteiger partial charge in [0.25, 0.3) is 0 Å². The van der Waals surface area contributed by atoms with Gasteiger partial charge in [0.2, 0.25) is 0 Å². The predicted molar refractivity (Wildman–Crippen MR) is 139 cm³/mol. The summed E-state index contributed by atoms with van der Waals surface area (Å²) in [5, 5.41) is 12.7. The van der Waals surface area contributed by atoms with E-state index in [-0.39, 0.29) is 43.3 Å². The largest absolute Gasteiger partial charge is 0.492 e. The number of halogens is 6. The monoisotopic (exact) mass is 582 g/mol. The molecule has 1 aliphatic heterocycles. The van der Waals surface area contributed by atoms with Gasteiger partial charge in [-0.2, -0.15) is 13.2 Å². The number of hydrogen-bond donors (Lipinski definition) is 2. The van der Waals surface area contributed by atoms with Crippen molar-refractivity contribution in [3.63, 3.8) is 0 Å². The molecule has 2 aromatic carbocycles.